The molecule has 1 amide bonds. The van der Waals surface area contributed by atoms with Gasteiger partial charge in [0, 0.05) is 22.0 Å². The van der Waals surface area contributed by atoms with E-state index in [1.165, 1.54) is 21.7 Å². The lowest BCUT2D eigenvalue weighted by Crippen LogP contribution is -2.21. The monoisotopic (exact) mass is 433 g/mol. The van der Waals surface area contributed by atoms with Gasteiger partial charge >= 0.3 is 0 Å². The second-order valence-electron chi connectivity index (χ2n) is 7.39. The summed E-state index contributed by atoms with van der Waals surface area (Å²) in [5.41, 5.74) is 6.60. The third-order valence-corrected chi connectivity index (χ3v) is 7.01. The molecule has 2 aromatic heterocycles. The van der Waals surface area contributed by atoms with Crippen LogP contribution in [0.4, 0.5) is 0 Å². The van der Waals surface area contributed by atoms with E-state index in [2.05, 4.69) is 17.4 Å². The molecule has 0 bridgehead atoms. The summed E-state index contributed by atoms with van der Waals surface area (Å²) in [7, 11) is 0. The minimum Gasteiger partial charge on any atom is -0.347 e. The van der Waals surface area contributed by atoms with Crippen LogP contribution in [0.15, 0.2) is 60.7 Å². The fourth-order valence-corrected chi connectivity index (χ4v) is 5.43. The zero-order valence-corrected chi connectivity index (χ0v) is 18.1. The Hall–Kier alpha value is -2.89. The van der Waals surface area contributed by atoms with Gasteiger partial charge in [-0.25, -0.2) is 4.68 Å². The van der Waals surface area contributed by atoms with Crippen LogP contribution in [0.3, 0.4) is 0 Å². The fraction of sp³-hybridized carbons (Fsp3) is 0.167. The predicted octanol–water partition coefficient (Wildman–Crippen LogP) is 5.59. The van der Waals surface area contributed by atoms with E-state index in [9.17, 15) is 4.79 Å². The van der Waals surface area contributed by atoms with E-state index in [0.29, 0.717) is 11.6 Å². The summed E-state index contributed by atoms with van der Waals surface area (Å²) in [4.78, 5) is 14.7. The number of nitrogens with one attached hydrogen (secondary N) is 1. The van der Waals surface area contributed by atoms with Gasteiger partial charge < -0.3 is 5.32 Å². The molecule has 30 heavy (non-hydrogen) atoms. The van der Waals surface area contributed by atoms with E-state index in [-0.39, 0.29) is 5.91 Å². The molecule has 0 aliphatic heterocycles. The summed E-state index contributed by atoms with van der Waals surface area (Å²) in [6.45, 7) is 2.46. The average Bonchev–Trinajstić information content (AvgIpc) is 3.35. The first kappa shape index (κ1) is 19.1. The number of fused-ring (bicyclic) bond motifs is 3. The molecular weight excluding hydrogens is 414 g/mol. The molecule has 1 aliphatic carbocycles. The van der Waals surface area contributed by atoms with Crippen molar-refractivity contribution in [1.29, 1.82) is 0 Å². The Balaban J connectivity index is 1.44. The normalized spacial score (nSPS) is 12.3. The lowest BCUT2D eigenvalue weighted by atomic mass is 9.95. The van der Waals surface area contributed by atoms with Gasteiger partial charge in [0.15, 0.2) is 0 Å². The van der Waals surface area contributed by atoms with Crippen molar-refractivity contribution in [2.24, 2.45) is 0 Å². The largest absolute Gasteiger partial charge is 0.347 e. The topological polar surface area (TPSA) is 46.9 Å². The Morgan fingerprint density at radius 1 is 1.13 bits per heavy atom. The molecule has 2 heterocycles. The molecule has 0 unspecified atom stereocenters. The predicted molar refractivity (Wildman–Crippen MR) is 122 cm³/mol. The molecule has 0 atom stereocenters. The van der Waals surface area contributed by atoms with Gasteiger partial charge in [-0.1, -0.05) is 48.0 Å². The highest BCUT2D eigenvalue weighted by molar-refractivity contribution is 7.17. The minimum atomic E-state index is -0.0658. The highest BCUT2D eigenvalue weighted by atomic mass is 35.5. The Bertz CT molecular complexity index is 1240. The number of para-hydroxylation sites is 1. The van der Waals surface area contributed by atoms with E-state index in [0.717, 1.165) is 34.7 Å². The summed E-state index contributed by atoms with van der Waals surface area (Å²) in [6, 6.07) is 19.8. The molecule has 5 rings (SSSR count). The highest BCUT2D eigenvalue weighted by Gasteiger charge is 2.27. The van der Waals surface area contributed by atoms with Crippen molar-refractivity contribution in [1.82, 2.24) is 15.1 Å². The summed E-state index contributed by atoms with van der Waals surface area (Å²) < 4.78 is 2.05. The molecule has 1 N–H and O–H groups in total. The van der Waals surface area contributed by atoms with Crippen LogP contribution >= 0.6 is 22.9 Å². The van der Waals surface area contributed by atoms with Crippen LogP contribution in [-0.2, 0) is 19.4 Å². The quantitative estimate of drug-likeness (QED) is 0.456. The minimum absolute atomic E-state index is 0.0658. The van der Waals surface area contributed by atoms with E-state index < -0.39 is 0 Å². The molecule has 2 aromatic carbocycles. The number of rotatable bonds is 4. The van der Waals surface area contributed by atoms with E-state index in [1.807, 2.05) is 60.1 Å². The number of amides is 1. The number of benzene rings is 2. The second-order valence-corrected chi connectivity index (χ2v) is 8.85. The third kappa shape index (κ3) is 3.34. The van der Waals surface area contributed by atoms with Crippen LogP contribution in [0.5, 0.6) is 0 Å². The number of aryl methyl sites for hydroxylation is 2. The molecule has 6 heteroatoms. The smallest absolute Gasteiger partial charge is 0.261 e. The van der Waals surface area contributed by atoms with Gasteiger partial charge in [-0.3, -0.25) is 4.79 Å². The number of nitrogens with zero attached hydrogens (tertiary/aromatic N) is 2. The molecular formula is C24H20ClN3OS. The molecule has 0 spiro atoms. The molecule has 0 saturated heterocycles. The summed E-state index contributed by atoms with van der Waals surface area (Å²) in [5.74, 6) is -0.0658. The molecule has 0 saturated carbocycles. The maximum absolute atomic E-state index is 12.8. The van der Waals surface area contributed by atoms with Crippen LogP contribution < -0.4 is 5.32 Å². The van der Waals surface area contributed by atoms with Crippen molar-refractivity contribution < 1.29 is 4.79 Å². The van der Waals surface area contributed by atoms with Gasteiger partial charge in [-0.2, -0.15) is 5.10 Å². The molecule has 0 radical (unpaired) electrons. The first-order chi connectivity index (χ1) is 14.6. The first-order valence-corrected chi connectivity index (χ1v) is 11.1. The van der Waals surface area contributed by atoms with E-state index in [1.54, 1.807) is 11.3 Å². The van der Waals surface area contributed by atoms with Crippen molar-refractivity contribution >= 4 is 28.8 Å². The third-order valence-electron chi connectivity index (χ3n) is 5.45. The zero-order valence-electron chi connectivity index (χ0n) is 16.5. The maximum Gasteiger partial charge on any atom is 0.261 e. The Morgan fingerprint density at radius 3 is 2.70 bits per heavy atom. The molecule has 1 aliphatic rings. The number of hydrogen-bond acceptors (Lipinski definition) is 3. The van der Waals surface area contributed by atoms with Crippen LogP contribution in [0.25, 0.3) is 16.1 Å². The van der Waals surface area contributed by atoms with Crippen LogP contribution in [0.1, 0.15) is 32.2 Å². The molecule has 0 fully saturated rings. The van der Waals surface area contributed by atoms with Crippen molar-refractivity contribution in [3.8, 4) is 16.1 Å². The van der Waals surface area contributed by atoms with Crippen LogP contribution in [-0.4, -0.2) is 15.7 Å². The maximum atomic E-state index is 12.8. The highest BCUT2D eigenvalue weighted by Crippen LogP contribution is 2.42. The Labute approximate surface area is 184 Å². The van der Waals surface area contributed by atoms with E-state index >= 15 is 0 Å². The summed E-state index contributed by atoms with van der Waals surface area (Å²) in [6.07, 6.45) is 1.82. The lowest BCUT2D eigenvalue weighted by Gasteiger charge is -2.14. The molecule has 4 nitrogen and oxygen atoms in total. The van der Waals surface area contributed by atoms with Gasteiger partial charge in [-0.15, -0.1) is 11.3 Å². The second kappa shape index (κ2) is 7.74. The van der Waals surface area contributed by atoms with E-state index in [4.69, 9.17) is 16.7 Å². The number of carbonyl (C=O) groups excluding carboxylic acids is 1. The molecule has 150 valence electrons. The standard InChI is InChI=1S/C24H20ClN3OS/c1-15-22-20(28(27-15)18-8-3-2-4-9-18)12-11-16-13-21(30-23(16)22)24(29)26-14-17-7-5-6-10-19(17)25/h2-10,13H,11-12,14H2,1H3,(H,26,29). The zero-order chi connectivity index (χ0) is 20.7. The SMILES string of the molecule is Cc1nn(-c2ccccc2)c2c1-c1sc(C(=O)NCc3ccccc3Cl)cc1CC2. The Morgan fingerprint density at radius 2 is 1.90 bits per heavy atom. The van der Waals surface area contributed by atoms with Crippen LogP contribution in [0.2, 0.25) is 5.02 Å². The Kier molecular flexibility index (Phi) is 4.93. The van der Waals surface area contributed by atoms with Crippen molar-refractivity contribution in [3.63, 3.8) is 0 Å². The summed E-state index contributed by atoms with van der Waals surface area (Å²) >= 11 is 7.75. The van der Waals surface area contributed by atoms with Gasteiger partial charge in [-0.05, 0) is 55.2 Å². The van der Waals surface area contributed by atoms with Crippen molar-refractivity contribution in [2.45, 2.75) is 26.3 Å². The fourth-order valence-electron chi connectivity index (χ4n) is 3.98. The van der Waals surface area contributed by atoms with Gasteiger partial charge in [0.25, 0.3) is 5.91 Å². The average molecular weight is 434 g/mol. The molecule has 4 aromatic rings. The van der Waals surface area contributed by atoms with Gasteiger partial charge in [0.2, 0.25) is 0 Å². The number of carbonyl (C=O) groups is 1. The van der Waals surface area contributed by atoms with Crippen molar-refractivity contribution in [2.75, 3.05) is 0 Å². The first-order valence-electron chi connectivity index (χ1n) is 9.90. The van der Waals surface area contributed by atoms with Crippen LogP contribution in [0, 0.1) is 6.92 Å². The number of aromatic nitrogens is 2. The number of hydrogen-bond donors (Lipinski definition) is 1. The number of halogens is 1. The summed E-state index contributed by atoms with van der Waals surface area (Å²) in [5, 5.41) is 8.47. The van der Waals surface area contributed by atoms with Crippen molar-refractivity contribution in [3.05, 3.63) is 93.1 Å². The number of thiophene rings is 1. The van der Waals surface area contributed by atoms with Gasteiger partial charge in [0.05, 0.1) is 22.0 Å². The van der Waals surface area contributed by atoms with Gasteiger partial charge in [0.1, 0.15) is 0 Å². The lowest BCUT2D eigenvalue weighted by molar-refractivity contribution is 0.0955.